The second-order valence-electron chi connectivity index (χ2n) is 8.00. The number of carbonyl (C=O) groups excluding carboxylic acids is 2. The summed E-state index contributed by atoms with van der Waals surface area (Å²) >= 11 is 0. The van der Waals surface area contributed by atoms with Crippen LogP contribution in [-0.4, -0.2) is 25.2 Å². The third-order valence-corrected chi connectivity index (χ3v) is 5.05. The number of hydrogen-bond donors (Lipinski definition) is 0. The van der Waals surface area contributed by atoms with Gasteiger partial charge >= 0.3 is 11.9 Å². The maximum atomic E-state index is 11.7. The molecule has 1 unspecified atom stereocenters. The Morgan fingerprint density at radius 2 is 1.15 bits per heavy atom. The van der Waals surface area contributed by atoms with E-state index in [0.717, 1.165) is 32.1 Å². The van der Waals surface area contributed by atoms with E-state index in [0.29, 0.717) is 37.9 Å². The van der Waals surface area contributed by atoms with Crippen molar-refractivity contribution in [2.24, 2.45) is 11.8 Å². The topological polar surface area (TPSA) is 52.6 Å². The SMILES string of the molecule is CCCOC(=O)CCCCCCCCCC(CCC(=O)OCCC)C(C)C. The normalized spacial score (nSPS) is 12.2. The minimum atomic E-state index is -0.0462. The first kappa shape index (κ1) is 25.9. The smallest absolute Gasteiger partial charge is 0.305 e. The molecule has 0 amide bonds. The van der Waals surface area contributed by atoms with Crippen LogP contribution in [0.15, 0.2) is 0 Å². The first-order valence-electron chi connectivity index (χ1n) is 11.3. The lowest BCUT2D eigenvalue weighted by molar-refractivity contribution is -0.144. The van der Waals surface area contributed by atoms with Gasteiger partial charge in [0.25, 0.3) is 0 Å². The average molecular weight is 385 g/mol. The molecule has 0 aliphatic rings. The predicted molar refractivity (Wildman–Crippen MR) is 112 cm³/mol. The molecule has 0 aliphatic heterocycles. The van der Waals surface area contributed by atoms with Crippen molar-refractivity contribution in [2.45, 2.75) is 111 Å². The third kappa shape index (κ3) is 16.8. The van der Waals surface area contributed by atoms with Gasteiger partial charge in [0.2, 0.25) is 0 Å². The van der Waals surface area contributed by atoms with Crippen molar-refractivity contribution in [3.8, 4) is 0 Å². The molecule has 27 heavy (non-hydrogen) atoms. The monoisotopic (exact) mass is 384 g/mol. The number of rotatable bonds is 18. The van der Waals surface area contributed by atoms with Crippen LogP contribution in [0, 0.1) is 11.8 Å². The van der Waals surface area contributed by atoms with Crippen LogP contribution in [0.2, 0.25) is 0 Å². The van der Waals surface area contributed by atoms with Crippen LogP contribution >= 0.6 is 0 Å². The van der Waals surface area contributed by atoms with Crippen molar-refractivity contribution < 1.29 is 19.1 Å². The average Bonchev–Trinajstić information content (AvgIpc) is 2.65. The molecule has 0 N–H and O–H groups in total. The lowest BCUT2D eigenvalue weighted by atomic mass is 9.86. The van der Waals surface area contributed by atoms with E-state index in [1.54, 1.807) is 0 Å². The summed E-state index contributed by atoms with van der Waals surface area (Å²) in [6.07, 6.45) is 13.4. The predicted octanol–water partition coefficient (Wildman–Crippen LogP) is 6.46. The van der Waals surface area contributed by atoms with Crippen molar-refractivity contribution in [2.75, 3.05) is 13.2 Å². The van der Waals surface area contributed by atoms with Crippen LogP contribution in [0.5, 0.6) is 0 Å². The molecule has 4 nitrogen and oxygen atoms in total. The lowest BCUT2D eigenvalue weighted by Crippen LogP contribution is -2.13. The minimum Gasteiger partial charge on any atom is -0.466 e. The second kappa shape index (κ2) is 18.3. The third-order valence-electron chi connectivity index (χ3n) is 5.05. The Balaban J connectivity index is 3.61. The molecule has 0 heterocycles. The van der Waals surface area contributed by atoms with Gasteiger partial charge in [-0.1, -0.05) is 72.6 Å². The molecule has 0 bridgehead atoms. The Labute approximate surface area is 167 Å². The highest BCUT2D eigenvalue weighted by atomic mass is 16.5. The van der Waals surface area contributed by atoms with Crippen molar-refractivity contribution in [3.05, 3.63) is 0 Å². The Morgan fingerprint density at radius 1 is 0.667 bits per heavy atom. The first-order valence-corrected chi connectivity index (χ1v) is 11.3. The second-order valence-corrected chi connectivity index (χ2v) is 8.00. The van der Waals surface area contributed by atoms with Crippen molar-refractivity contribution in [1.82, 2.24) is 0 Å². The Hall–Kier alpha value is -1.06. The number of unbranched alkanes of at least 4 members (excludes halogenated alkanes) is 6. The molecule has 0 aromatic rings. The van der Waals surface area contributed by atoms with E-state index in [1.807, 2.05) is 13.8 Å². The number of carbonyl (C=O) groups is 2. The molecule has 160 valence electrons. The summed E-state index contributed by atoms with van der Waals surface area (Å²) in [6.45, 7) is 9.65. The molecule has 0 fully saturated rings. The van der Waals surface area contributed by atoms with Gasteiger partial charge in [0.1, 0.15) is 0 Å². The maximum absolute atomic E-state index is 11.7. The summed E-state index contributed by atoms with van der Waals surface area (Å²) < 4.78 is 10.3. The van der Waals surface area contributed by atoms with Crippen LogP contribution in [0.25, 0.3) is 0 Å². The molecule has 4 heteroatoms. The zero-order valence-electron chi connectivity index (χ0n) is 18.4. The molecular weight excluding hydrogens is 340 g/mol. The van der Waals surface area contributed by atoms with Crippen molar-refractivity contribution in [1.29, 1.82) is 0 Å². The molecule has 0 aromatic carbocycles. The maximum Gasteiger partial charge on any atom is 0.305 e. The van der Waals surface area contributed by atoms with Crippen molar-refractivity contribution in [3.63, 3.8) is 0 Å². The van der Waals surface area contributed by atoms with E-state index in [-0.39, 0.29) is 11.9 Å². The molecule has 0 radical (unpaired) electrons. The van der Waals surface area contributed by atoms with E-state index < -0.39 is 0 Å². The highest BCUT2D eigenvalue weighted by Crippen LogP contribution is 2.24. The van der Waals surface area contributed by atoms with Crippen LogP contribution in [0.4, 0.5) is 0 Å². The van der Waals surface area contributed by atoms with Crippen LogP contribution in [0.3, 0.4) is 0 Å². The Bertz CT molecular complexity index is 365. The molecular formula is C23H44O4. The summed E-state index contributed by atoms with van der Waals surface area (Å²) in [6, 6.07) is 0. The molecule has 0 aliphatic carbocycles. The van der Waals surface area contributed by atoms with Gasteiger partial charge in [-0.2, -0.15) is 0 Å². The van der Waals surface area contributed by atoms with Crippen LogP contribution < -0.4 is 0 Å². The van der Waals surface area contributed by atoms with Gasteiger partial charge < -0.3 is 9.47 Å². The minimum absolute atomic E-state index is 0.0407. The number of hydrogen-bond acceptors (Lipinski definition) is 4. The van der Waals surface area contributed by atoms with Gasteiger partial charge in [-0.3, -0.25) is 9.59 Å². The van der Waals surface area contributed by atoms with E-state index in [1.165, 1.54) is 38.5 Å². The van der Waals surface area contributed by atoms with Crippen LogP contribution in [0.1, 0.15) is 111 Å². The van der Waals surface area contributed by atoms with Gasteiger partial charge in [-0.05, 0) is 37.5 Å². The largest absolute Gasteiger partial charge is 0.466 e. The molecule has 0 saturated carbocycles. The quantitative estimate of drug-likeness (QED) is 0.201. The van der Waals surface area contributed by atoms with E-state index in [9.17, 15) is 9.59 Å². The molecule has 0 rings (SSSR count). The van der Waals surface area contributed by atoms with E-state index >= 15 is 0 Å². The summed E-state index contributed by atoms with van der Waals surface area (Å²) in [5.41, 5.74) is 0. The van der Waals surface area contributed by atoms with Gasteiger partial charge in [0.05, 0.1) is 13.2 Å². The van der Waals surface area contributed by atoms with Crippen LogP contribution in [-0.2, 0) is 19.1 Å². The fourth-order valence-corrected chi connectivity index (χ4v) is 3.25. The highest BCUT2D eigenvalue weighted by molar-refractivity contribution is 5.69. The zero-order chi connectivity index (χ0) is 20.3. The molecule has 0 spiro atoms. The zero-order valence-corrected chi connectivity index (χ0v) is 18.4. The summed E-state index contributed by atoms with van der Waals surface area (Å²) in [5, 5.41) is 0. The first-order chi connectivity index (χ1) is 13.0. The summed E-state index contributed by atoms with van der Waals surface area (Å²) in [5.74, 6) is 1.15. The fourth-order valence-electron chi connectivity index (χ4n) is 3.25. The van der Waals surface area contributed by atoms with Gasteiger partial charge in [0.15, 0.2) is 0 Å². The van der Waals surface area contributed by atoms with E-state index in [2.05, 4.69) is 13.8 Å². The summed E-state index contributed by atoms with van der Waals surface area (Å²) in [4.78, 5) is 23.1. The fraction of sp³-hybridized carbons (Fsp3) is 0.913. The highest BCUT2D eigenvalue weighted by Gasteiger charge is 2.15. The molecule has 1 atom stereocenters. The number of ether oxygens (including phenoxy) is 2. The standard InChI is InChI=1S/C23H44O4/c1-5-18-26-22(24)15-13-11-9-7-8-10-12-14-21(20(3)4)16-17-23(25)27-19-6-2/h20-21H,5-19H2,1-4H3. The molecule has 0 aromatic heterocycles. The Kier molecular flexibility index (Phi) is 17.6. The molecule has 0 saturated heterocycles. The summed E-state index contributed by atoms with van der Waals surface area (Å²) in [7, 11) is 0. The van der Waals surface area contributed by atoms with Gasteiger partial charge in [-0.25, -0.2) is 0 Å². The van der Waals surface area contributed by atoms with Gasteiger partial charge in [0, 0.05) is 12.8 Å². The number of esters is 2. The van der Waals surface area contributed by atoms with Crippen molar-refractivity contribution >= 4 is 11.9 Å². The Morgan fingerprint density at radius 3 is 1.67 bits per heavy atom. The van der Waals surface area contributed by atoms with E-state index in [4.69, 9.17) is 9.47 Å². The lowest BCUT2D eigenvalue weighted by Gasteiger charge is -2.20. The van der Waals surface area contributed by atoms with Gasteiger partial charge in [-0.15, -0.1) is 0 Å².